The zero-order chi connectivity index (χ0) is 53.7. The number of para-hydroxylation sites is 4. The van der Waals surface area contributed by atoms with Crippen molar-refractivity contribution >= 4 is 72.4 Å². The van der Waals surface area contributed by atoms with E-state index in [0.717, 1.165) is 32.7 Å². The lowest BCUT2D eigenvalue weighted by Gasteiger charge is -2.34. The molecule has 2 aliphatic heterocycles. The number of benzene rings is 11. The summed E-state index contributed by atoms with van der Waals surface area (Å²) in [7, 11) is 1.55. The Morgan fingerprint density at radius 3 is 1.00 bits per heavy atom. The molecule has 380 valence electrons. The minimum Gasteiger partial charge on any atom is -0.497 e. The molecule has 11 heteroatoms. The lowest BCUT2D eigenvalue weighted by molar-refractivity contribution is 0.0548. The summed E-state index contributed by atoms with van der Waals surface area (Å²) in [5.74, 6) is 1.27. The van der Waals surface area contributed by atoms with Gasteiger partial charge in [0.2, 0.25) is 0 Å². The molecule has 2 heterocycles. The van der Waals surface area contributed by atoms with Crippen LogP contribution in [0.1, 0.15) is 82.2 Å². The van der Waals surface area contributed by atoms with Gasteiger partial charge in [-0.1, -0.05) is 103 Å². The SMILES string of the molecule is COc1ccc(N2C(=O)c3cc(Oc4ccccc4C)c4c5c(Oc6ccccc6C)cc6c7c(cc(Oc8ccccc8C)c(c8c(Oc9ccccc9C)cc(c3c48)C2=O)c75)C(=O)N(C(C)c2ccccc2)C6=O)cc1. The Balaban J connectivity index is 1.26. The Morgan fingerprint density at radius 2 is 0.667 bits per heavy atom. The first-order valence-corrected chi connectivity index (χ1v) is 25.7. The van der Waals surface area contributed by atoms with Crippen molar-refractivity contribution in [3.8, 4) is 51.7 Å². The highest BCUT2D eigenvalue weighted by Crippen LogP contribution is 2.58. The fraction of sp³-hybridized carbons (Fsp3) is 0.104. The number of nitrogens with zero attached hydrogens (tertiary/aromatic N) is 2. The van der Waals surface area contributed by atoms with Crippen molar-refractivity contribution in [2.24, 2.45) is 0 Å². The van der Waals surface area contributed by atoms with Gasteiger partial charge in [-0.3, -0.25) is 24.1 Å². The van der Waals surface area contributed by atoms with Crippen LogP contribution in [0.2, 0.25) is 0 Å². The summed E-state index contributed by atoms with van der Waals surface area (Å²) in [6, 6.07) is 52.6. The number of imide groups is 2. The standard InChI is InChI=1S/C67H48N2O9/c1-36-18-10-14-24-48(36)75-52-32-44-56-45(65(71)68(64(44)70)40(5)41-22-8-7-9-23-41)33-53(76-49-25-15-11-19-37(49)2)59-61-55(78-51-27-17-13-21-39(51)4)35-47-57-46(66(72)69(67(47)73)42-28-30-43(74-6)31-29-42)34-54(60(63(57)61)58(52)62(56)59)77-50-26-16-12-20-38(50)3/h7-35,40H,1-6H3. The van der Waals surface area contributed by atoms with Crippen molar-refractivity contribution in [3.05, 3.63) is 226 Å². The third-order valence-corrected chi connectivity index (χ3v) is 15.2. The number of hydrogen-bond acceptors (Lipinski definition) is 9. The summed E-state index contributed by atoms with van der Waals surface area (Å²) in [6.45, 7) is 9.57. The molecule has 0 aromatic heterocycles. The zero-order valence-corrected chi connectivity index (χ0v) is 43.4. The zero-order valence-electron chi connectivity index (χ0n) is 43.4. The van der Waals surface area contributed by atoms with Gasteiger partial charge < -0.3 is 23.7 Å². The fourth-order valence-corrected chi connectivity index (χ4v) is 11.2. The number of carbonyl (C=O) groups is 4. The number of hydrogen-bond donors (Lipinski definition) is 0. The Morgan fingerprint density at radius 1 is 0.346 bits per heavy atom. The van der Waals surface area contributed by atoms with Gasteiger partial charge >= 0.3 is 0 Å². The average Bonchev–Trinajstić information content (AvgIpc) is 2.43. The topological polar surface area (TPSA) is 121 Å². The maximum atomic E-state index is 15.7. The van der Waals surface area contributed by atoms with E-state index in [1.807, 2.05) is 162 Å². The van der Waals surface area contributed by atoms with Crippen LogP contribution in [0.4, 0.5) is 5.69 Å². The van der Waals surface area contributed by atoms with Crippen molar-refractivity contribution in [2.45, 2.75) is 40.7 Å². The molecular formula is C67H48N2O9. The highest BCUT2D eigenvalue weighted by atomic mass is 16.5. The fourth-order valence-electron chi connectivity index (χ4n) is 11.2. The second-order valence-electron chi connectivity index (χ2n) is 19.9. The van der Waals surface area contributed by atoms with Gasteiger partial charge in [0, 0.05) is 43.1 Å². The van der Waals surface area contributed by atoms with E-state index < -0.39 is 29.7 Å². The molecular weight excluding hydrogens is 977 g/mol. The quantitative estimate of drug-likeness (QED) is 0.0669. The molecule has 2 aliphatic rings. The normalized spacial score (nSPS) is 13.5. The molecule has 0 bridgehead atoms. The molecule has 0 spiro atoms. The van der Waals surface area contributed by atoms with Gasteiger partial charge in [-0.2, -0.15) is 0 Å². The van der Waals surface area contributed by atoms with Crippen LogP contribution < -0.4 is 28.6 Å². The highest BCUT2D eigenvalue weighted by Gasteiger charge is 2.43. The highest BCUT2D eigenvalue weighted by molar-refractivity contribution is 6.46. The van der Waals surface area contributed by atoms with Crippen molar-refractivity contribution in [1.29, 1.82) is 0 Å². The van der Waals surface area contributed by atoms with E-state index in [2.05, 4.69) is 0 Å². The molecule has 0 fully saturated rings. The second kappa shape index (κ2) is 18.4. The van der Waals surface area contributed by atoms with Gasteiger partial charge in [0.25, 0.3) is 23.6 Å². The third kappa shape index (κ3) is 7.41. The van der Waals surface area contributed by atoms with Crippen LogP contribution in [0.25, 0.3) is 43.1 Å². The second-order valence-corrected chi connectivity index (χ2v) is 19.9. The minimum absolute atomic E-state index is 0.180. The van der Waals surface area contributed by atoms with Crippen LogP contribution in [0.5, 0.6) is 51.7 Å². The molecule has 4 amide bonds. The molecule has 11 nitrogen and oxygen atoms in total. The molecule has 0 N–H and O–H groups in total. The van der Waals surface area contributed by atoms with Crippen molar-refractivity contribution in [3.63, 3.8) is 0 Å². The van der Waals surface area contributed by atoms with E-state index in [1.54, 1.807) is 55.6 Å². The summed E-state index contributed by atoms with van der Waals surface area (Å²) >= 11 is 0. The molecule has 11 aromatic rings. The lowest BCUT2D eigenvalue weighted by Crippen LogP contribution is -2.42. The Labute approximate surface area is 448 Å². The first-order valence-electron chi connectivity index (χ1n) is 25.7. The number of rotatable bonds is 12. The van der Waals surface area contributed by atoms with Crippen molar-refractivity contribution in [2.75, 3.05) is 12.0 Å². The number of amides is 4. The van der Waals surface area contributed by atoms with E-state index >= 15 is 19.2 Å². The van der Waals surface area contributed by atoms with Crippen molar-refractivity contribution < 1.29 is 42.9 Å². The molecule has 1 atom stereocenters. The molecule has 0 aliphatic carbocycles. The van der Waals surface area contributed by atoms with Crippen LogP contribution in [-0.4, -0.2) is 35.6 Å². The first kappa shape index (κ1) is 47.7. The molecule has 0 saturated heterocycles. The van der Waals surface area contributed by atoms with Crippen LogP contribution in [0.3, 0.4) is 0 Å². The van der Waals surface area contributed by atoms with Crippen LogP contribution in [0.15, 0.2) is 176 Å². The predicted octanol–water partition coefficient (Wildman–Crippen LogP) is 16.3. The molecule has 0 saturated carbocycles. The smallest absolute Gasteiger partial charge is 0.266 e. The largest absolute Gasteiger partial charge is 0.497 e. The molecule has 0 radical (unpaired) electrons. The van der Waals surface area contributed by atoms with Gasteiger partial charge in [-0.25, -0.2) is 4.90 Å². The minimum atomic E-state index is -0.684. The molecule has 78 heavy (non-hydrogen) atoms. The number of ether oxygens (including phenoxy) is 5. The van der Waals surface area contributed by atoms with E-state index in [1.165, 1.54) is 4.90 Å². The summed E-state index contributed by atoms with van der Waals surface area (Å²) in [6.07, 6.45) is 0. The maximum Gasteiger partial charge on any atom is 0.266 e. The van der Waals surface area contributed by atoms with Crippen LogP contribution >= 0.6 is 0 Å². The predicted molar refractivity (Wildman–Crippen MR) is 302 cm³/mol. The third-order valence-electron chi connectivity index (χ3n) is 15.2. The van der Waals surface area contributed by atoms with E-state index in [0.29, 0.717) is 77.5 Å². The summed E-state index contributed by atoms with van der Waals surface area (Å²) in [4.78, 5) is 64.9. The Bertz CT molecular complexity index is 4130. The molecule has 11 aromatic carbocycles. The van der Waals surface area contributed by atoms with Crippen molar-refractivity contribution in [1.82, 2.24) is 4.90 Å². The lowest BCUT2D eigenvalue weighted by atomic mass is 9.80. The average molecular weight is 1030 g/mol. The summed E-state index contributed by atoms with van der Waals surface area (Å²) < 4.78 is 34.2. The molecule has 13 rings (SSSR count). The number of aryl methyl sites for hydroxylation is 4. The van der Waals surface area contributed by atoms with Gasteiger partial charge in [-0.05, 0) is 135 Å². The Hall–Kier alpha value is -10.0. The van der Waals surface area contributed by atoms with Gasteiger partial charge in [-0.15, -0.1) is 0 Å². The van der Waals surface area contributed by atoms with E-state index in [9.17, 15) is 0 Å². The van der Waals surface area contributed by atoms with Gasteiger partial charge in [0.1, 0.15) is 51.7 Å². The van der Waals surface area contributed by atoms with Crippen LogP contribution in [0, 0.1) is 27.7 Å². The molecule has 1 unspecified atom stereocenters. The number of carbonyl (C=O) groups excluding carboxylic acids is 4. The van der Waals surface area contributed by atoms with E-state index in [-0.39, 0.29) is 45.3 Å². The summed E-state index contributed by atoms with van der Waals surface area (Å²) in [5, 5.41) is 3.32. The van der Waals surface area contributed by atoms with E-state index in [4.69, 9.17) is 23.7 Å². The summed E-state index contributed by atoms with van der Waals surface area (Å²) in [5.41, 5.74) is 5.12. The van der Waals surface area contributed by atoms with Gasteiger partial charge in [0.15, 0.2) is 0 Å². The first-order chi connectivity index (χ1) is 37.9. The number of fused-ring (bicyclic) bond motifs is 2. The van der Waals surface area contributed by atoms with Gasteiger partial charge in [0.05, 0.1) is 41.1 Å². The Kier molecular flexibility index (Phi) is 11.2. The number of methoxy groups -OCH3 is 1. The van der Waals surface area contributed by atoms with Crippen LogP contribution in [-0.2, 0) is 0 Å². The monoisotopic (exact) mass is 1020 g/mol. The maximum absolute atomic E-state index is 15.7. The number of anilines is 1.